The van der Waals surface area contributed by atoms with Crippen LogP contribution < -0.4 is 4.57 Å². The molecule has 3 aromatic rings. The normalized spacial score (nSPS) is 15.0. The van der Waals surface area contributed by atoms with Crippen LogP contribution >= 0.6 is 0 Å². The van der Waals surface area contributed by atoms with Crippen LogP contribution in [0.1, 0.15) is 60.3 Å². The minimum atomic E-state index is 0.730. The van der Waals surface area contributed by atoms with Crippen molar-refractivity contribution in [3.8, 4) is 22.4 Å². The molecular formula is C27H32N+. The van der Waals surface area contributed by atoms with E-state index in [0.717, 1.165) is 5.92 Å². The first kappa shape index (κ1) is 18.9. The fourth-order valence-corrected chi connectivity index (χ4v) is 4.98. The van der Waals surface area contributed by atoms with E-state index in [2.05, 4.69) is 87.1 Å². The van der Waals surface area contributed by atoms with E-state index in [4.69, 9.17) is 0 Å². The number of rotatable bonds is 3. The molecule has 1 aliphatic rings. The third-order valence-electron chi connectivity index (χ3n) is 6.49. The lowest BCUT2D eigenvalue weighted by Crippen LogP contribution is -2.32. The van der Waals surface area contributed by atoms with Crippen molar-refractivity contribution in [3.05, 3.63) is 77.0 Å². The Kier molecular flexibility index (Phi) is 5.35. The summed E-state index contributed by atoms with van der Waals surface area (Å²) in [6.45, 7) is 6.75. The van der Waals surface area contributed by atoms with Crippen LogP contribution in [0.2, 0.25) is 0 Å². The second-order valence-corrected chi connectivity index (χ2v) is 8.59. The third kappa shape index (κ3) is 3.63. The van der Waals surface area contributed by atoms with Crippen LogP contribution in [0.3, 0.4) is 0 Å². The summed E-state index contributed by atoms with van der Waals surface area (Å²) in [7, 11) is 2.19. The van der Waals surface area contributed by atoms with Crippen molar-refractivity contribution >= 4 is 0 Å². The highest BCUT2D eigenvalue weighted by Crippen LogP contribution is 2.37. The molecule has 4 rings (SSSR count). The first-order valence-electron chi connectivity index (χ1n) is 10.7. The highest BCUT2D eigenvalue weighted by atomic mass is 14.9. The summed E-state index contributed by atoms with van der Waals surface area (Å²) in [6.07, 6.45) is 9.18. The van der Waals surface area contributed by atoms with Crippen molar-refractivity contribution in [2.45, 2.75) is 58.8 Å². The van der Waals surface area contributed by atoms with Gasteiger partial charge in [0.1, 0.15) is 7.05 Å². The van der Waals surface area contributed by atoms with E-state index in [-0.39, 0.29) is 0 Å². The van der Waals surface area contributed by atoms with Gasteiger partial charge in [0.2, 0.25) is 5.69 Å². The van der Waals surface area contributed by atoms with Gasteiger partial charge in [-0.25, -0.2) is 4.57 Å². The van der Waals surface area contributed by atoms with Crippen LogP contribution in [0.25, 0.3) is 22.4 Å². The van der Waals surface area contributed by atoms with Gasteiger partial charge in [0.15, 0.2) is 6.20 Å². The van der Waals surface area contributed by atoms with Gasteiger partial charge in [0, 0.05) is 17.2 Å². The van der Waals surface area contributed by atoms with Crippen molar-refractivity contribution < 1.29 is 4.57 Å². The number of pyridine rings is 1. The Hall–Kier alpha value is -2.41. The molecule has 1 heterocycles. The van der Waals surface area contributed by atoms with Crippen LogP contribution in [0.5, 0.6) is 0 Å². The minimum absolute atomic E-state index is 0.730. The molecule has 0 N–H and O–H groups in total. The topological polar surface area (TPSA) is 3.88 Å². The van der Waals surface area contributed by atoms with Gasteiger partial charge in [-0.05, 0) is 73.4 Å². The molecule has 28 heavy (non-hydrogen) atoms. The molecule has 0 aliphatic heterocycles. The Balaban J connectivity index is 1.84. The highest BCUT2D eigenvalue weighted by Gasteiger charge is 2.23. The molecule has 0 bridgehead atoms. The van der Waals surface area contributed by atoms with Crippen molar-refractivity contribution in [2.75, 3.05) is 0 Å². The van der Waals surface area contributed by atoms with E-state index in [1.165, 1.54) is 71.2 Å². The van der Waals surface area contributed by atoms with Gasteiger partial charge in [-0.15, -0.1) is 0 Å². The molecule has 0 unspecified atom stereocenters. The predicted octanol–water partition coefficient (Wildman–Crippen LogP) is 6.82. The number of benzene rings is 2. The summed E-state index contributed by atoms with van der Waals surface area (Å²) in [6, 6.07) is 18.0. The molecule has 2 aromatic carbocycles. The van der Waals surface area contributed by atoms with Crippen molar-refractivity contribution in [2.24, 2.45) is 7.05 Å². The Morgan fingerprint density at radius 1 is 0.750 bits per heavy atom. The van der Waals surface area contributed by atoms with E-state index in [1.807, 2.05) is 0 Å². The number of hydrogen-bond acceptors (Lipinski definition) is 0. The minimum Gasteiger partial charge on any atom is -0.201 e. The Morgan fingerprint density at radius 2 is 1.43 bits per heavy atom. The first-order valence-corrected chi connectivity index (χ1v) is 10.7. The zero-order chi connectivity index (χ0) is 19.7. The maximum absolute atomic E-state index is 2.48. The fourth-order valence-electron chi connectivity index (χ4n) is 4.98. The number of aromatic nitrogens is 1. The predicted molar refractivity (Wildman–Crippen MR) is 119 cm³/mol. The number of hydrogen-bond donors (Lipinski definition) is 0. The molecule has 0 atom stereocenters. The Morgan fingerprint density at radius 3 is 2.14 bits per heavy atom. The molecule has 1 aromatic heterocycles. The quantitative estimate of drug-likeness (QED) is 0.445. The molecule has 144 valence electrons. The van der Waals surface area contributed by atoms with Gasteiger partial charge in [0.05, 0.1) is 0 Å². The Labute approximate surface area is 170 Å². The summed E-state index contributed by atoms with van der Waals surface area (Å²) >= 11 is 0. The second kappa shape index (κ2) is 7.91. The lowest BCUT2D eigenvalue weighted by Gasteiger charge is -2.23. The van der Waals surface area contributed by atoms with Crippen LogP contribution in [-0.2, 0) is 7.05 Å². The summed E-state index contributed by atoms with van der Waals surface area (Å²) in [5.74, 6) is 0.730. The average molecular weight is 371 g/mol. The molecule has 1 fully saturated rings. The smallest absolute Gasteiger partial charge is 0.201 e. The van der Waals surface area contributed by atoms with E-state index < -0.39 is 0 Å². The van der Waals surface area contributed by atoms with Crippen LogP contribution in [0.15, 0.2) is 54.7 Å². The largest absolute Gasteiger partial charge is 0.212 e. The average Bonchev–Trinajstić information content (AvgIpc) is 2.70. The van der Waals surface area contributed by atoms with Gasteiger partial charge >= 0.3 is 0 Å². The van der Waals surface area contributed by atoms with Gasteiger partial charge in [-0.1, -0.05) is 55.7 Å². The molecule has 0 amide bonds. The summed E-state index contributed by atoms with van der Waals surface area (Å²) in [5, 5.41) is 0. The molecular weight excluding hydrogens is 338 g/mol. The van der Waals surface area contributed by atoms with Crippen LogP contribution in [0.4, 0.5) is 0 Å². The molecule has 0 saturated heterocycles. The van der Waals surface area contributed by atoms with Crippen LogP contribution in [-0.4, -0.2) is 0 Å². The van der Waals surface area contributed by atoms with E-state index in [9.17, 15) is 0 Å². The fraction of sp³-hybridized carbons (Fsp3) is 0.370. The highest BCUT2D eigenvalue weighted by molar-refractivity contribution is 5.75. The lowest BCUT2D eigenvalue weighted by atomic mass is 9.82. The summed E-state index contributed by atoms with van der Waals surface area (Å²) in [4.78, 5) is 0. The molecule has 1 nitrogen and oxygen atoms in total. The molecule has 1 aliphatic carbocycles. The summed E-state index contributed by atoms with van der Waals surface area (Å²) < 4.78 is 2.31. The second-order valence-electron chi connectivity index (χ2n) is 8.59. The van der Waals surface area contributed by atoms with Gasteiger partial charge in [-0.3, -0.25) is 0 Å². The van der Waals surface area contributed by atoms with Crippen molar-refractivity contribution in [1.82, 2.24) is 0 Å². The molecule has 1 saturated carbocycles. The van der Waals surface area contributed by atoms with Crippen molar-refractivity contribution in [1.29, 1.82) is 0 Å². The number of nitrogens with zero attached hydrogens (tertiary/aromatic N) is 1. The molecule has 0 radical (unpaired) electrons. The Bertz CT molecular complexity index is 979. The van der Waals surface area contributed by atoms with Crippen molar-refractivity contribution in [3.63, 3.8) is 0 Å². The van der Waals surface area contributed by atoms with E-state index in [1.54, 1.807) is 5.56 Å². The van der Waals surface area contributed by atoms with E-state index in [0.29, 0.717) is 0 Å². The van der Waals surface area contributed by atoms with Crippen LogP contribution in [0, 0.1) is 20.8 Å². The van der Waals surface area contributed by atoms with Gasteiger partial charge in [-0.2, -0.15) is 0 Å². The molecule has 0 spiro atoms. The zero-order valence-electron chi connectivity index (χ0n) is 17.8. The number of aryl methyl sites for hydroxylation is 4. The summed E-state index contributed by atoms with van der Waals surface area (Å²) in [5.41, 5.74) is 11.0. The first-order chi connectivity index (χ1) is 13.5. The third-order valence-corrected chi connectivity index (χ3v) is 6.49. The molecule has 1 heteroatoms. The standard InChI is InChI=1S/C27H32N/c1-19-15-20(2)26(16-24(19)22-11-7-5-8-12-22)27-17-25(21(3)18-28(27)4)23-13-9-6-10-14-23/h5,7-8,11-12,15-18,23H,6,9-10,13-14H2,1-4H3/q+1. The van der Waals surface area contributed by atoms with E-state index >= 15 is 0 Å². The SMILES string of the molecule is Cc1cc(C)c(-c2cc(C3CCCCC3)c(C)c[n+]2C)cc1-c1ccccc1. The maximum atomic E-state index is 2.48. The zero-order valence-corrected chi connectivity index (χ0v) is 17.8. The maximum Gasteiger partial charge on any atom is 0.212 e. The monoisotopic (exact) mass is 370 g/mol. The van der Waals surface area contributed by atoms with Gasteiger partial charge < -0.3 is 0 Å². The lowest BCUT2D eigenvalue weighted by molar-refractivity contribution is -0.660. The van der Waals surface area contributed by atoms with Gasteiger partial charge in [0.25, 0.3) is 0 Å².